The number of aliphatic carboxylic acids is 1. The molecule has 110 valence electrons. The van der Waals surface area contributed by atoms with Crippen LogP contribution < -0.4 is 0 Å². The maximum absolute atomic E-state index is 11.7. The van der Waals surface area contributed by atoms with Crippen molar-refractivity contribution in [2.24, 2.45) is 5.92 Å². The van der Waals surface area contributed by atoms with Gasteiger partial charge < -0.3 is 9.84 Å². The third-order valence-corrected chi connectivity index (χ3v) is 4.29. The number of carbonyl (C=O) groups is 3. The fourth-order valence-corrected chi connectivity index (χ4v) is 2.39. The summed E-state index contributed by atoms with van der Waals surface area (Å²) in [6, 6.07) is 0. The monoisotopic (exact) mass is 308 g/mol. The average molecular weight is 308 g/mol. The summed E-state index contributed by atoms with van der Waals surface area (Å²) in [6.45, 7) is 6.92. The molecule has 0 fully saturated rings. The zero-order valence-corrected chi connectivity index (χ0v) is 13.2. The number of hydrogen-bond acceptors (Lipinski definition) is 6. The molecule has 0 aliphatic carbocycles. The van der Waals surface area contributed by atoms with E-state index in [4.69, 9.17) is 9.84 Å². The van der Waals surface area contributed by atoms with E-state index < -0.39 is 24.0 Å². The van der Waals surface area contributed by atoms with Gasteiger partial charge in [0.1, 0.15) is 0 Å². The van der Waals surface area contributed by atoms with Crippen LogP contribution in [-0.2, 0) is 19.1 Å². The van der Waals surface area contributed by atoms with Crippen molar-refractivity contribution >= 4 is 40.6 Å². The summed E-state index contributed by atoms with van der Waals surface area (Å²) in [4.78, 5) is 33.5. The maximum atomic E-state index is 11.7. The van der Waals surface area contributed by atoms with Crippen molar-refractivity contribution in [3.63, 3.8) is 0 Å². The van der Waals surface area contributed by atoms with Crippen LogP contribution in [0.3, 0.4) is 0 Å². The van der Waals surface area contributed by atoms with Gasteiger partial charge in [0, 0.05) is 18.4 Å². The summed E-state index contributed by atoms with van der Waals surface area (Å²) in [5.74, 6) is -1.69. The molecule has 0 amide bonds. The third kappa shape index (κ3) is 8.93. The minimum Gasteiger partial charge on any atom is -0.478 e. The van der Waals surface area contributed by atoms with Crippen molar-refractivity contribution in [2.75, 3.05) is 11.5 Å². The van der Waals surface area contributed by atoms with Gasteiger partial charge in [-0.25, -0.2) is 4.79 Å². The number of hydrogen-bond donors (Lipinski definition) is 1. The Labute approximate surface area is 121 Å². The average Bonchev–Trinajstić information content (AvgIpc) is 2.30. The second-order valence-electron chi connectivity index (χ2n) is 4.35. The highest BCUT2D eigenvalue weighted by Crippen LogP contribution is 2.16. The van der Waals surface area contributed by atoms with E-state index in [0.717, 1.165) is 11.8 Å². The lowest BCUT2D eigenvalue weighted by molar-refractivity contribution is -0.164. The smallest absolute Gasteiger partial charge is 0.345 e. The van der Waals surface area contributed by atoms with Crippen LogP contribution >= 0.6 is 23.5 Å². The highest BCUT2D eigenvalue weighted by atomic mass is 32.2. The molecule has 0 radical (unpaired) electrons. The van der Waals surface area contributed by atoms with Crippen LogP contribution in [0.5, 0.6) is 0 Å². The van der Waals surface area contributed by atoms with Crippen molar-refractivity contribution in [1.29, 1.82) is 0 Å². The molecule has 0 heterocycles. The molecule has 19 heavy (non-hydrogen) atoms. The molecule has 0 aromatic rings. The summed E-state index contributed by atoms with van der Waals surface area (Å²) in [5, 5.41) is 9.18. The molecular weight excluding hydrogens is 288 g/mol. The van der Waals surface area contributed by atoms with Crippen LogP contribution in [0.1, 0.15) is 27.7 Å². The normalized spacial score (nSPS) is 13.9. The van der Waals surface area contributed by atoms with E-state index in [1.807, 2.05) is 13.8 Å². The van der Waals surface area contributed by atoms with E-state index in [1.54, 1.807) is 6.92 Å². The first kappa shape index (κ1) is 18.3. The molecular formula is C12H20O5S2. The Morgan fingerprint density at radius 1 is 1.16 bits per heavy atom. The van der Waals surface area contributed by atoms with E-state index in [9.17, 15) is 14.4 Å². The van der Waals surface area contributed by atoms with Crippen molar-refractivity contribution < 1.29 is 24.2 Å². The molecule has 0 saturated heterocycles. The molecule has 0 aliphatic heterocycles. The van der Waals surface area contributed by atoms with Crippen LogP contribution in [0.15, 0.2) is 0 Å². The zero-order chi connectivity index (χ0) is 15.0. The minimum absolute atomic E-state index is 0.0789. The molecule has 5 nitrogen and oxygen atoms in total. The zero-order valence-electron chi connectivity index (χ0n) is 11.5. The first-order valence-electron chi connectivity index (χ1n) is 5.92. The second-order valence-corrected chi connectivity index (χ2v) is 7.16. The van der Waals surface area contributed by atoms with Gasteiger partial charge in [0.15, 0.2) is 5.12 Å². The van der Waals surface area contributed by atoms with Crippen LogP contribution in [0.2, 0.25) is 0 Å². The van der Waals surface area contributed by atoms with E-state index in [-0.39, 0.29) is 16.1 Å². The summed E-state index contributed by atoms with van der Waals surface area (Å²) in [6.07, 6.45) is -1.13. The summed E-state index contributed by atoms with van der Waals surface area (Å²) in [7, 11) is 0. The number of rotatable bonds is 8. The lowest BCUT2D eigenvalue weighted by Crippen LogP contribution is -2.32. The molecule has 0 bridgehead atoms. The Balaban J connectivity index is 4.29. The van der Waals surface area contributed by atoms with Gasteiger partial charge in [-0.1, -0.05) is 32.5 Å². The van der Waals surface area contributed by atoms with Crippen molar-refractivity contribution in [3.8, 4) is 0 Å². The standard InChI is InChI=1S/C12H20O5S2/c1-7(2)18-6-10(11(14)15)17-12(16)8(3)5-19-9(4)13/h7-8,10H,5-6H2,1-4H3,(H,14,15)/t8-,10?/m0/s1. The molecule has 2 atom stereocenters. The van der Waals surface area contributed by atoms with Crippen LogP contribution in [0.4, 0.5) is 0 Å². The van der Waals surface area contributed by atoms with Gasteiger partial charge in [0.2, 0.25) is 6.10 Å². The summed E-state index contributed by atoms with van der Waals surface area (Å²) in [5.41, 5.74) is 0. The van der Waals surface area contributed by atoms with Gasteiger partial charge in [-0.3, -0.25) is 9.59 Å². The topological polar surface area (TPSA) is 80.7 Å². The number of ether oxygens (including phenoxy) is 1. The number of esters is 1. The molecule has 1 N–H and O–H groups in total. The summed E-state index contributed by atoms with van der Waals surface area (Å²) < 4.78 is 4.97. The third-order valence-electron chi connectivity index (χ3n) is 2.05. The molecule has 0 saturated carbocycles. The van der Waals surface area contributed by atoms with Crippen LogP contribution in [0, 0.1) is 5.92 Å². The summed E-state index contributed by atoms with van der Waals surface area (Å²) >= 11 is 2.45. The van der Waals surface area contributed by atoms with Crippen molar-refractivity contribution in [2.45, 2.75) is 39.0 Å². The number of carboxylic acids is 1. The molecule has 0 spiro atoms. The maximum Gasteiger partial charge on any atom is 0.345 e. The number of carbonyl (C=O) groups excluding carboxylic acids is 2. The van der Waals surface area contributed by atoms with Gasteiger partial charge in [-0.15, -0.1) is 0 Å². The quantitative estimate of drug-likeness (QED) is 0.687. The lowest BCUT2D eigenvalue weighted by atomic mass is 10.2. The molecule has 0 aliphatic rings. The van der Waals surface area contributed by atoms with E-state index in [1.165, 1.54) is 18.7 Å². The fraction of sp³-hybridized carbons (Fsp3) is 0.750. The van der Waals surface area contributed by atoms with E-state index in [2.05, 4.69) is 0 Å². The van der Waals surface area contributed by atoms with Gasteiger partial charge >= 0.3 is 11.9 Å². The Morgan fingerprint density at radius 2 is 1.74 bits per heavy atom. The van der Waals surface area contributed by atoms with Crippen LogP contribution in [-0.4, -0.2) is 45.0 Å². The lowest BCUT2D eigenvalue weighted by Gasteiger charge is -2.17. The number of thioether (sulfide) groups is 2. The molecule has 1 unspecified atom stereocenters. The molecule has 0 rings (SSSR count). The second kappa shape index (κ2) is 9.25. The number of carboxylic acid groups (broad SMARTS) is 1. The molecule has 0 aromatic carbocycles. The van der Waals surface area contributed by atoms with Crippen molar-refractivity contribution in [1.82, 2.24) is 0 Å². The highest BCUT2D eigenvalue weighted by molar-refractivity contribution is 8.13. The minimum atomic E-state index is -1.15. The molecule has 0 aromatic heterocycles. The predicted molar refractivity (Wildman–Crippen MR) is 77.4 cm³/mol. The predicted octanol–water partition coefficient (Wildman–Crippen LogP) is 2.04. The fourth-order valence-electron chi connectivity index (χ4n) is 1.00. The first-order valence-corrected chi connectivity index (χ1v) is 7.95. The van der Waals surface area contributed by atoms with Gasteiger partial charge in [0.25, 0.3) is 0 Å². The Morgan fingerprint density at radius 3 is 2.16 bits per heavy atom. The first-order chi connectivity index (χ1) is 8.73. The van der Waals surface area contributed by atoms with Crippen LogP contribution in [0.25, 0.3) is 0 Å². The van der Waals surface area contributed by atoms with Gasteiger partial charge in [-0.05, 0) is 5.25 Å². The van der Waals surface area contributed by atoms with Gasteiger partial charge in [0.05, 0.1) is 5.92 Å². The Kier molecular flexibility index (Phi) is 8.92. The largest absolute Gasteiger partial charge is 0.478 e. The Hall–Kier alpha value is -0.690. The molecule has 7 heteroatoms. The van der Waals surface area contributed by atoms with Gasteiger partial charge in [-0.2, -0.15) is 11.8 Å². The van der Waals surface area contributed by atoms with E-state index >= 15 is 0 Å². The SMILES string of the molecule is CC(=O)SC[C@H](C)C(=O)OC(CSC(C)C)C(=O)O. The Bertz CT molecular complexity index is 330. The van der Waals surface area contributed by atoms with E-state index in [0.29, 0.717) is 5.75 Å². The highest BCUT2D eigenvalue weighted by Gasteiger charge is 2.25. The van der Waals surface area contributed by atoms with Crippen molar-refractivity contribution in [3.05, 3.63) is 0 Å².